The standard InChI is InChI=1S/C40H74O16P2/c1-4-5-14-20-32(41)24-25-36-35(37(43)26-38(36)44)21-16-12-13-17-22-39(45)52-29-34(30-55-58(50,51)54-28-33(42)27-53-57(47,48)49)56-40(46)23-18-11-9-7-6-8-10-15-19-31(2)3/h12,16,24-25,31-38,41-44H,4-11,13-15,17-23,26-30H2,1-3H3,(H,50,51)(H2,47,48,49)/b16-12+,25-24+/t32-,33-,34+,35+,36+,37-,38+/m0/s1. The number of hydrogen-bond donors (Lipinski definition) is 7. The molecule has 58 heavy (non-hydrogen) atoms. The van der Waals surface area contributed by atoms with Gasteiger partial charge in [-0.2, -0.15) is 0 Å². The highest BCUT2D eigenvalue weighted by Gasteiger charge is 2.39. The lowest BCUT2D eigenvalue weighted by Gasteiger charge is -2.20. The molecule has 0 spiro atoms. The molecular formula is C40H74O16P2. The number of esters is 2. The van der Waals surface area contributed by atoms with Crippen LogP contribution in [-0.4, -0.2) is 104 Å². The minimum atomic E-state index is -4.89. The fourth-order valence-electron chi connectivity index (χ4n) is 6.53. The van der Waals surface area contributed by atoms with Crippen LogP contribution in [0.1, 0.15) is 143 Å². The summed E-state index contributed by atoms with van der Waals surface area (Å²) >= 11 is 0. The maximum absolute atomic E-state index is 12.6. The van der Waals surface area contributed by atoms with Gasteiger partial charge in [0.25, 0.3) is 0 Å². The summed E-state index contributed by atoms with van der Waals surface area (Å²) in [6.45, 7) is 3.61. The highest BCUT2D eigenvalue weighted by atomic mass is 31.2. The fraction of sp³-hybridized carbons (Fsp3) is 0.850. The summed E-state index contributed by atoms with van der Waals surface area (Å²) in [5, 5.41) is 41.0. The van der Waals surface area contributed by atoms with Crippen molar-refractivity contribution in [2.45, 2.75) is 173 Å². The zero-order valence-electron chi connectivity index (χ0n) is 34.9. The van der Waals surface area contributed by atoms with E-state index in [9.17, 15) is 44.0 Å². The zero-order chi connectivity index (χ0) is 43.4. The fourth-order valence-corrected chi connectivity index (χ4v) is 7.68. The van der Waals surface area contributed by atoms with Crippen molar-refractivity contribution < 1.29 is 76.9 Å². The highest BCUT2D eigenvalue weighted by Crippen LogP contribution is 2.44. The molecule has 0 bridgehead atoms. The number of ether oxygens (including phenoxy) is 2. The molecule has 1 rings (SSSR count). The van der Waals surface area contributed by atoms with Gasteiger partial charge in [-0.15, -0.1) is 0 Å². The van der Waals surface area contributed by atoms with Crippen molar-refractivity contribution >= 4 is 27.6 Å². The van der Waals surface area contributed by atoms with Crippen LogP contribution in [0.3, 0.4) is 0 Å². The number of aliphatic hydroxyl groups is 4. The highest BCUT2D eigenvalue weighted by molar-refractivity contribution is 7.47. The summed E-state index contributed by atoms with van der Waals surface area (Å²) in [6, 6.07) is 0. The van der Waals surface area contributed by atoms with Crippen molar-refractivity contribution in [2.24, 2.45) is 17.8 Å². The first-order valence-electron chi connectivity index (χ1n) is 21.1. The first kappa shape index (κ1) is 54.5. The van der Waals surface area contributed by atoms with Gasteiger partial charge < -0.3 is 44.6 Å². The quantitative estimate of drug-likeness (QED) is 0.0154. The molecule has 16 nitrogen and oxygen atoms in total. The lowest BCUT2D eigenvalue weighted by Crippen LogP contribution is -2.30. The minimum absolute atomic E-state index is 0.0197. The van der Waals surface area contributed by atoms with E-state index in [1.807, 2.05) is 18.2 Å². The van der Waals surface area contributed by atoms with Crippen LogP contribution in [0.4, 0.5) is 0 Å². The molecule has 0 aromatic heterocycles. The van der Waals surface area contributed by atoms with Crippen LogP contribution in [0.15, 0.2) is 24.3 Å². The van der Waals surface area contributed by atoms with Gasteiger partial charge in [0.05, 0.1) is 38.1 Å². The van der Waals surface area contributed by atoms with Gasteiger partial charge in [0, 0.05) is 25.2 Å². The number of aliphatic hydroxyl groups excluding tert-OH is 4. The predicted molar refractivity (Wildman–Crippen MR) is 218 cm³/mol. The molecule has 0 saturated heterocycles. The normalized spacial score (nSPS) is 21.4. The van der Waals surface area contributed by atoms with Crippen LogP contribution >= 0.6 is 15.6 Å². The van der Waals surface area contributed by atoms with Gasteiger partial charge in [-0.1, -0.05) is 116 Å². The van der Waals surface area contributed by atoms with E-state index in [4.69, 9.17) is 23.8 Å². The molecule has 0 aromatic rings. The zero-order valence-corrected chi connectivity index (χ0v) is 36.7. The third-order valence-corrected chi connectivity index (χ3v) is 11.3. The number of carbonyl (C=O) groups is 2. The molecule has 18 heteroatoms. The van der Waals surface area contributed by atoms with E-state index in [1.54, 1.807) is 6.08 Å². The average Bonchev–Trinajstić information content (AvgIpc) is 3.42. The van der Waals surface area contributed by atoms with Crippen molar-refractivity contribution in [1.82, 2.24) is 0 Å². The van der Waals surface area contributed by atoms with Gasteiger partial charge in [0.15, 0.2) is 6.10 Å². The molecule has 7 N–H and O–H groups in total. The summed E-state index contributed by atoms with van der Waals surface area (Å²) in [7, 11) is -9.75. The Labute approximate surface area is 345 Å². The molecule has 1 aliphatic rings. The molecule has 0 aromatic carbocycles. The van der Waals surface area contributed by atoms with E-state index < -0.39 is 84.5 Å². The van der Waals surface area contributed by atoms with Gasteiger partial charge in [0.2, 0.25) is 0 Å². The second-order valence-electron chi connectivity index (χ2n) is 15.7. The second-order valence-corrected chi connectivity index (χ2v) is 18.4. The Kier molecular flexibility index (Phi) is 29.5. The molecule has 8 atom stereocenters. The average molecular weight is 873 g/mol. The van der Waals surface area contributed by atoms with Crippen molar-refractivity contribution in [2.75, 3.05) is 26.4 Å². The van der Waals surface area contributed by atoms with Gasteiger partial charge in [-0.25, -0.2) is 9.13 Å². The Hall–Kier alpha value is -1.52. The number of hydrogen-bond acceptors (Lipinski definition) is 13. The maximum Gasteiger partial charge on any atom is 0.472 e. The number of phosphoric acid groups is 2. The van der Waals surface area contributed by atoms with Gasteiger partial charge in [-0.3, -0.25) is 23.2 Å². The van der Waals surface area contributed by atoms with Crippen LogP contribution in [0.2, 0.25) is 0 Å². The molecular weight excluding hydrogens is 798 g/mol. The van der Waals surface area contributed by atoms with Gasteiger partial charge >= 0.3 is 27.6 Å². The summed E-state index contributed by atoms with van der Waals surface area (Å²) in [5.41, 5.74) is 0. The molecule has 0 heterocycles. The Morgan fingerprint density at radius 3 is 1.98 bits per heavy atom. The molecule has 1 aliphatic carbocycles. The number of phosphoric ester groups is 2. The van der Waals surface area contributed by atoms with Crippen LogP contribution in [-0.2, 0) is 41.8 Å². The minimum Gasteiger partial charge on any atom is -0.462 e. The smallest absolute Gasteiger partial charge is 0.462 e. The third-order valence-electron chi connectivity index (χ3n) is 9.83. The van der Waals surface area contributed by atoms with E-state index in [1.165, 1.54) is 25.7 Å². The number of unbranched alkanes of at least 4 members (excludes halogenated alkanes) is 10. The largest absolute Gasteiger partial charge is 0.472 e. The number of allylic oxidation sites excluding steroid dienone is 2. The van der Waals surface area contributed by atoms with Crippen LogP contribution in [0.25, 0.3) is 0 Å². The Balaban J connectivity index is 2.59. The maximum atomic E-state index is 12.6. The Morgan fingerprint density at radius 1 is 0.724 bits per heavy atom. The first-order chi connectivity index (χ1) is 27.4. The molecule has 340 valence electrons. The predicted octanol–water partition coefficient (Wildman–Crippen LogP) is 6.57. The van der Waals surface area contributed by atoms with Crippen molar-refractivity contribution in [1.29, 1.82) is 0 Å². The van der Waals surface area contributed by atoms with Crippen LogP contribution < -0.4 is 0 Å². The SMILES string of the molecule is CCCCC[C@H](O)/C=C/[C@@H]1[C@@H](C/C=C/CCCC(=O)OC[C@H](COP(=O)(O)OC[C@@H](O)COP(=O)(O)O)OC(=O)CCCCCCCCCCC(C)C)[C@@H](O)C[C@H]1O. The van der Waals surface area contributed by atoms with Crippen molar-refractivity contribution in [3.63, 3.8) is 0 Å². The molecule has 0 aliphatic heterocycles. The molecule has 1 saturated carbocycles. The topological polar surface area (TPSA) is 256 Å². The summed E-state index contributed by atoms with van der Waals surface area (Å²) in [6.07, 6.45) is 17.3. The lowest BCUT2D eigenvalue weighted by molar-refractivity contribution is -0.161. The molecule has 1 unspecified atom stereocenters. The summed E-state index contributed by atoms with van der Waals surface area (Å²) < 4.78 is 47.7. The van der Waals surface area contributed by atoms with E-state index >= 15 is 0 Å². The van der Waals surface area contributed by atoms with E-state index in [0.717, 1.165) is 44.9 Å². The van der Waals surface area contributed by atoms with E-state index in [2.05, 4.69) is 29.8 Å². The Morgan fingerprint density at radius 2 is 1.33 bits per heavy atom. The van der Waals surface area contributed by atoms with Crippen LogP contribution in [0, 0.1) is 17.8 Å². The molecule has 0 radical (unpaired) electrons. The lowest BCUT2D eigenvalue weighted by atomic mass is 9.89. The first-order valence-corrected chi connectivity index (χ1v) is 24.2. The van der Waals surface area contributed by atoms with Crippen LogP contribution in [0.5, 0.6) is 0 Å². The van der Waals surface area contributed by atoms with Crippen molar-refractivity contribution in [3.8, 4) is 0 Å². The summed E-state index contributed by atoms with van der Waals surface area (Å²) in [5.74, 6) is -0.990. The Bertz CT molecular complexity index is 1260. The monoisotopic (exact) mass is 872 g/mol. The molecule has 1 fully saturated rings. The van der Waals surface area contributed by atoms with E-state index in [0.29, 0.717) is 38.0 Å². The summed E-state index contributed by atoms with van der Waals surface area (Å²) in [4.78, 5) is 52.8. The van der Waals surface area contributed by atoms with Gasteiger partial charge in [0.1, 0.15) is 12.7 Å². The van der Waals surface area contributed by atoms with Gasteiger partial charge in [-0.05, 0) is 43.9 Å². The second kappa shape index (κ2) is 31.3. The van der Waals surface area contributed by atoms with Crippen molar-refractivity contribution in [3.05, 3.63) is 24.3 Å². The molecule has 0 amide bonds. The van der Waals surface area contributed by atoms with E-state index in [-0.39, 0.29) is 31.1 Å². The third kappa shape index (κ3) is 28.9. The number of rotatable bonds is 35. The number of carbonyl (C=O) groups excluding carboxylic acids is 2.